The minimum atomic E-state index is -0.756. The van der Waals surface area contributed by atoms with Gasteiger partial charge in [0.15, 0.2) is 11.5 Å². The Morgan fingerprint density at radius 1 is 0.981 bits per heavy atom. The van der Waals surface area contributed by atoms with E-state index in [9.17, 15) is 29.7 Å². The Morgan fingerprint density at radius 2 is 1.69 bits per heavy atom. The molecule has 6 atom stereocenters. The lowest BCUT2D eigenvalue weighted by Gasteiger charge is -2.35. The zero-order chi connectivity index (χ0) is 39.9. The van der Waals surface area contributed by atoms with E-state index in [1.165, 1.54) is 14.0 Å². The summed E-state index contributed by atoms with van der Waals surface area (Å²) in [4.78, 5) is 52.0. The highest BCUT2D eigenvalue weighted by atomic mass is 16.5. The highest BCUT2D eigenvalue weighted by Gasteiger charge is 2.35. The number of ether oxygens (including phenoxy) is 2. The summed E-state index contributed by atoms with van der Waals surface area (Å²) in [7, 11) is 3.48. The van der Waals surface area contributed by atoms with E-state index in [2.05, 4.69) is 15.2 Å². The smallest absolute Gasteiger partial charge is 0.302 e. The fraction of sp³-hybridized carbons (Fsp3) is 0.595. The molecule has 2 bridgehead atoms. The molecule has 0 spiro atoms. The van der Waals surface area contributed by atoms with Crippen LogP contribution in [0.1, 0.15) is 96.0 Å². The van der Waals surface area contributed by atoms with Crippen molar-refractivity contribution in [1.82, 2.24) is 4.90 Å². The fourth-order valence-corrected chi connectivity index (χ4v) is 7.92. The van der Waals surface area contributed by atoms with Crippen LogP contribution in [0, 0.1) is 30.6 Å². The number of benzene rings is 2. The lowest BCUT2D eigenvalue weighted by atomic mass is 9.79. The van der Waals surface area contributed by atoms with E-state index in [0.717, 1.165) is 19.5 Å². The molecule has 0 fully saturated rings. The molecular formula is C42H60N4O8. The number of rotatable bonds is 2. The molecule has 2 heterocycles. The predicted octanol–water partition coefficient (Wildman–Crippen LogP) is 5.57. The van der Waals surface area contributed by atoms with Crippen LogP contribution < -0.4 is 20.8 Å². The average molecular weight is 749 g/mol. The van der Waals surface area contributed by atoms with Gasteiger partial charge in [0.05, 0.1) is 29.9 Å². The first kappa shape index (κ1) is 42.5. The third kappa shape index (κ3) is 9.68. The summed E-state index contributed by atoms with van der Waals surface area (Å²) in [6.07, 6.45) is 7.20. The van der Waals surface area contributed by atoms with Gasteiger partial charge in [0.25, 0.3) is 5.91 Å². The van der Waals surface area contributed by atoms with Crippen LogP contribution >= 0.6 is 0 Å². The van der Waals surface area contributed by atoms with Crippen LogP contribution in [0.15, 0.2) is 33.8 Å². The first-order chi connectivity index (χ1) is 25.6. The Labute approximate surface area is 319 Å². The van der Waals surface area contributed by atoms with E-state index >= 15 is 0 Å². The SMILES string of the molecule is COc1c(C)c(O)c2c(O)c3c4c(c2c1C(=O)CCC[C@@H](C)[C@@H](OC(C)=O)[C@H](C)[C@H](O)[C@H](C)C[C@@H](C)/C=C/C=C(/C)C(=O)N=3)NCCCN(C)CCCN=4. The first-order valence-corrected chi connectivity index (χ1v) is 19.3. The number of carbonyl (C=O) groups is 3. The maximum Gasteiger partial charge on any atom is 0.302 e. The molecule has 12 heteroatoms. The van der Waals surface area contributed by atoms with Crippen molar-refractivity contribution in [2.75, 3.05) is 45.7 Å². The highest BCUT2D eigenvalue weighted by molar-refractivity contribution is 6.18. The van der Waals surface area contributed by atoms with Crippen LogP contribution in [-0.2, 0) is 14.3 Å². The number of hydrogen-bond acceptors (Lipinski definition) is 11. The molecule has 12 nitrogen and oxygen atoms in total. The van der Waals surface area contributed by atoms with Crippen molar-refractivity contribution >= 4 is 34.1 Å². The number of phenolic OH excluding ortho intramolecular Hbond substituents is 2. The first-order valence-electron chi connectivity index (χ1n) is 19.3. The maximum atomic E-state index is 14.5. The van der Waals surface area contributed by atoms with E-state index in [4.69, 9.17) is 14.5 Å². The van der Waals surface area contributed by atoms with Crippen molar-refractivity contribution in [3.05, 3.63) is 45.6 Å². The number of nitrogens with one attached hydrogen (secondary N) is 1. The molecule has 0 aliphatic carbocycles. The Bertz CT molecular complexity index is 1900. The second-order valence-corrected chi connectivity index (χ2v) is 15.4. The zero-order valence-corrected chi connectivity index (χ0v) is 33.5. The van der Waals surface area contributed by atoms with Gasteiger partial charge >= 0.3 is 5.97 Å². The number of methoxy groups -OCH3 is 1. The summed E-state index contributed by atoms with van der Waals surface area (Å²) >= 11 is 0. The van der Waals surface area contributed by atoms with E-state index in [0.29, 0.717) is 50.0 Å². The summed E-state index contributed by atoms with van der Waals surface area (Å²) < 4.78 is 11.6. The minimum absolute atomic E-state index is 0.0191. The standard InChI is InChI=1S/C42H60N4O8/c1-23-14-10-16-25(3)42(52)45-36-35-34(43-18-12-20-46(8)21-13-19-44-35)32-31(41(53-9)28(6)38(50)33(32)39(36)51)30(48)17-11-15-24(2)40(54-29(7)47)27(5)37(49)26(4)22-23/h10,14,16,23-24,26-27,37,40,43,49-51H,11-13,15,17-22H2,1-9H3/b14-10+,25-16-,44-35?,45-36?/t23-,24+,26+,27+,37+,40+/m0/s1. The Morgan fingerprint density at radius 3 is 2.37 bits per heavy atom. The second-order valence-electron chi connectivity index (χ2n) is 15.4. The molecule has 0 aromatic heterocycles. The molecule has 296 valence electrons. The van der Waals surface area contributed by atoms with Crippen molar-refractivity contribution in [3.63, 3.8) is 0 Å². The number of anilines is 1. The van der Waals surface area contributed by atoms with Crippen LogP contribution in [0.25, 0.3) is 10.8 Å². The zero-order valence-electron chi connectivity index (χ0n) is 33.5. The van der Waals surface area contributed by atoms with Gasteiger partial charge in [-0.1, -0.05) is 45.9 Å². The van der Waals surface area contributed by atoms with E-state index in [1.54, 1.807) is 26.0 Å². The van der Waals surface area contributed by atoms with Gasteiger partial charge in [-0.15, -0.1) is 0 Å². The summed E-state index contributed by atoms with van der Waals surface area (Å²) in [6.45, 7) is 14.9. The number of aliphatic hydroxyl groups is 1. The van der Waals surface area contributed by atoms with Crippen molar-refractivity contribution < 1.29 is 39.2 Å². The minimum Gasteiger partial charge on any atom is -0.507 e. The normalized spacial score (nSPS) is 27.5. The van der Waals surface area contributed by atoms with Crippen LogP contribution in [0.3, 0.4) is 0 Å². The van der Waals surface area contributed by atoms with Gasteiger partial charge in [-0.25, -0.2) is 4.99 Å². The van der Waals surface area contributed by atoms with Gasteiger partial charge < -0.3 is 35.0 Å². The maximum absolute atomic E-state index is 14.5. The van der Waals surface area contributed by atoms with E-state index in [1.807, 2.05) is 40.8 Å². The van der Waals surface area contributed by atoms with Crippen LogP contribution in [-0.4, -0.2) is 90.4 Å². The molecule has 4 rings (SSSR count). The van der Waals surface area contributed by atoms with Gasteiger partial charge in [-0.05, 0) is 83.8 Å². The molecule has 0 saturated carbocycles. The number of aliphatic hydroxyl groups excluding tert-OH is 1. The molecule has 1 amide bonds. The molecule has 2 aromatic carbocycles. The number of esters is 1. The fourth-order valence-electron chi connectivity index (χ4n) is 7.92. The lowest BCUT2D eigenvalue weighted by Crippen LogP contribution is -2.40. The van der Waals surface area contributed by atoms with Gasteiger partial charge in [0.2, 0.25) is 0 Å². The van der Waals surface area contributed by atoms with Crippen molar-refractivity contribution in [1.29, 1.82) is 0 Å². The van der Waals surface area contributed by atoms with Crippen LogP contribution in [0.4, 0.5) is 5.69 Å². The molecule has 0 unspecified atom stereocenters. The van der Waals surface area contributed by atoms with E-state index in [-0.39, 0.29) is 80.0 Å². The summed E-state index contributed by atoms with van der Waals surface area (Å²) in [5.74, 6) is -2.52. The molecule has 2 aromatic rings. The monoisotopic (exact) mass is 748 g/mol. The number of hydrogen-bond donors (Lipinski definition) is 4. The van der Waals surface area contributed by atoms with Gasteiger partial charge in [0, 0.05) is 48.9 Å². The Kier molecular flexibility index (Phi) is 14.8. The molecular weight excluding hydrogens is 688 g/mol. The number of carbonyl (C=O) groups excluding carboxylic acids is 3. The molecule has 4 N–H and O–H groups in total. The quantitative estimate of drug-likeness (QED) is 0.225. The number of nitrogens with zero attached hydrogens (tertiary/aromatic N) is 3. The highest BCUT2D eigenvalue weighted by Crippen LogP contribution is 2.45. The number of aromatic hydroxyl groups is 2. The number of amides is 1. The van der Waals surface area contributed by atoms with Crippen molar-refractivity contribution in [3.8, 4) is 17.2 Å². The average Bonchev–Trinajstić information content (AvgIpc) is 3.16. The third-order valence-electron chi connectivity index (χ3n) is 10.9. The van der Waals surface area contributed by atoms with Crippen molar-refractivity contribution in [2.45, 2.75) is 99.2 Å². The molecule has 0 saturated heterocycles. The lowest BCUT2D eigenvalue weighted by molar-refractivity contribution is -0.156. The van der Waals surface area contributed by atoms with Crippen LogP contribution in [0.5, 0.6) is 17.2 Å². The van der Waals surface area contributed by atoms with Gasteiger partial charge in [-0.2, -0.15) is 0 Å². The van der Waals surface area contributed by atoms with E-state index < -0.39 is 29.8 Å². The Hall–Kier alpha value is -4.29. The van der Waals surface area contributed by atoms with Gasteiger partial charge in [-0.3, -0.25) is 19.4 Å². The number of allylic oxidation sites excluding steroid dienone is 3. The topological polar surface area (TPSA) is 170 Å². The Balaban J connectivity index is 2.04. The largest absolute Gasteiger partial charge is 0.507 e. The molecule has 54 heavy (non-hydrogen) atoms. The molecule has 2 aliphatic rings. The summed E-state index contributed by atoms with van der Waals surface area (Å²) in [5, 5.41) is 39.0. The number of ketones is 1. The number of phenols is 2. The molecule has 2 aliphatic heterocycles. The van der Waals surface area contributed by atoms with Crippen LogP contribution in [0.2, 0.25) is 0 Å². The predicted molar refractivity (Wildman–Crippen MR) is 210 cm³/mol. The third-order valence-corrected chi connectivity index (χ3v) is 10.9. The second kappa shape index (κ2) is 18.8. The summed E-state index contributed by atoms with van der Waals surface area (Å²) in [5.41, 5.74) is 1.13. The number of Topliss-reactive ketones (excluding diaryl/α,β-unsaturated/α-hetero) is 1. The van der Waals surface area contributed by atoms with Gasteiger partial charge in [0.1, 0.15) is 28.3 Å². The molecule has 0 radical (unpaired) electrons. The van der Waals surface area contributed by atoms with Crippen molar-refractivity contribution in [2.24, 2.45) is 33.7 Å². The summed E-state index contributed by atoms with van der Waals surface area (Å²) in [6, 6.07) is 0.